The van der Waals surface area contributed by atoms with E-state index in [2.05, 4.69) is 54.2 Å². The lowest BCUT2D eigenvalue weighted by atomic mass is 9.83. The standard InChI is InChI=1S/C34H28N6O6/c1-34(2,3)21-16-19-4-14-26-28(37-32(41)35-22-6-10-24(11-7-22)39(43)44)18-29(27-15-5-20(17-21)30(19)31(26)27)38-33(42)36-23-8-12-25(13-9-23)40(45)46/h4-18H,1-3H3,(H2,35,37,41)(H2,36,38,42). The van der Waals surface area contributed by atoms with E-state index in [9.17, 15) is 29.8 Å². The Morgan fingerprint density at radius 3 is 1.35 bits per heavy atom. The molecule has 46 heavy (non-hydrogen) atoms. The number of hydrogen-bond donors (Lipinski definition) is 4. The number of urea groups is 2. The second-order valence-corrected chi connectivity index (χ2v) is 11.9. The summed E-state index contributed by atoms with van der Waals surface area (Å²) in [7, 11) is 0. The van der Waals surface area contributed by atoms with Gasteiger partial charge in [-0.3, -0.25) is 20.2 Å². The van der Waals surface area contributed by atoms with Gasteiger partial charge in [-0.15, -0.1) is 0 Å². The van der Waals surface area contributed by atoms with Crippen LogP contribution in [0.15, 0.2) is 91.0 Å². The van der Waals surface area contributed by atoms with Gasteiger partial charge in [0.15, 0.2) is 0 Å². The van der Waals surface area contributed by atoms with Gasteiger partial charge in [-0.25, -0.2) is 9.59 Å². The third-order valence-corrected chi connectivity index (χ3v) is 7.75. The van der Waals surface area contributed by atoms with Crippen LogP contribution < -0.4 is 21.3 Å². The molecule has 0 aliphatic rings. The van der Waals surface area contributed by atoms with Crippen LogP contribution in [0, 0.1) is 20.2 Å². The zero-order valence-corrected chi connectivity index (χ0v) is 25.0. The van der Waals surface area contributed by atoms with Crippen molar-refractivity contribution in [3.63, 3.8) is 0 Å². The summed E-state index contributed by atoms with van der Waals surface area (Å²) in [6.07, 6.45) is 0. The summed E-state index contributed by atoms with van der Waals surface area (Å²) in [6.45, 7) is 6.45. The van der Waals surface area contributed by atoms with Crippen LogP contribution >= 0.6 is 0 Å². The fourth-order valence-corrected chi connectivity index (χ4v) is 5.46. The van der Waals surface area contributed by atoms with Crippen LogP contribution in [0.1, 0.15) is 26.3 Å². The molecule has 6 aromatic carbocycles. The molecular weight excluding hydrogens is 588 g/mol. The van der Waals surface area contributed by atoms with Crippen molar-refractivity contribution in [2.24, 2.45) is 0 Å². The average molecular weight is 617 g/mol. The highest BCUT2D eigenvalue weighted by atomic mass is 16.6. The van der Waals surface area contributed by atoms with Crippen molar-refractivity contribution >= 4 is 78.5 Å². The lowest BCUT2D eigenvalue weighted by Gasteiger charge is -2.23. The van der Waals surface area contributed by atoms with Gasteiger partial charge in [-0.05, 0) is 57.5 Å². The van der Waals surface area contributed by atoms with Gasteiger partial charge in [0.1, 0.15) is 0 Å². The van der Waals surface area contributed by atoms with Crippen LogP contribution in [0.2, 0.25) is 0 Å². The van der Waals surface area contributed by atoms with E-state index in [0.717, 1.165) is 32.3 Å². The van der Waals surface area contributed by atoms with Gasteiger partial charge in [0.2, 0.25) is 0 Å². The molecule has 0 heterocycles. The largest absolute Gasteiger partial charge is 0.323 e. The number of non-ortho nitro benzene ring substituents is 2. The van der Waals surface area contributed by atoms with Crippen LogP contribution in [-0.4, -0.2) is 21.9 Å². The maximum Gasteiger partial charge on any atom is 0.323 e. The molecule has 0 aliphatic heterocycles. The second kappa shape index (κ2) is 11.3. The third-order valence-electron chi connectivity index (χ3n) is 7.75. The first-order valence-corrected chi connectivity index (χ1v) is 14.3. The average Bonchev–Trinajstić information content (AvgIpc) is 3.00. The molecule has 0 aliphatic carbocycles. The molecular formula is C34H28N6O6. The first kappa shape index (κ1) is 29.8. The van der Waals surface area contributed by atoms with Gasteiger partial charge < -0.3 is 21.3 Å². The minimum atomic E-state index is -0.583. The van der Waals surface area contributed by atoms with Crippen LogP contribution in [0.4, 0.5) is 43.7 Å². The molecule has 0 aromatic heterocycles. The number of hydrogen-bond acceptors (Lipinski definition) is 6. The first-order chi connectivity index (χ1) is 21.9. The Kier molecular flexibility index (Phi) is 7.32. The Labute approximate surface area is 262 Å². The van der Waals surface area contributed by atoms with Crippen molar-refractivity contribution in [2.75, 3.05) is 21.3 Å². The SMILES string of the molecule is CC(C)(C)c1cc2ccc3c(NC(=O)Nc4ccc([N+](=O)[O-])cc4)cc(NC(=O)Nc4ccc([N+](=O)[O-])cc4)c4ccc(c1)c2c34. The van der Waals surface area contributed by atoms with Crippen LogP contribution in [0.5, 0.6) is 0 Å². The molecule has 0 radical (unpaired) electrons. The summed E-state index contributed by atoms with van der Waals surface area (Å²) in [4.78, 5) is 47.3. The fraction of sp³-hybridized carbons (Fsp3) is 0.118. The van der Waals surface area contributed by atoms with Crippen molar-refractivity contribution in [1.82, 2.24) is 0 Å². The van der Waals surface area contributed by atoms with Crippen molar-refractivity contribution in [2.45, 2.75) is 26.2 Å². The summed E-state index contributed by atoms with van der Waals surface area (Å²) in [5, 5.41) is 38.5. The van der Waals surface area contributed by atoms with Gasteiger partial charge in [0, 0.05) is 51.8 Å². The van der Waals surface area contributed by atoms with Crippen molar-refractivity contribution in [3.8, 4) is 0 Å². The molecule has 0 saturated heterocycles. The monoisotopic (exact) mass is 616 g/mol. The highest BCUT2D eigenvalue weighted by Crippen LogP contribution is 2.43. The molecule has 4 N–H and O–H groups in total. The number of rotatable bonds is 6. The molecule has 4 amide bonds. The number of carbonyl (C=O) groups is 2. The molecule has 0 spiro atoms. The van der Waals surface area contributed by atoms with E-state index in [1.165, 1.54) is 54.1 Å². The second-order valence-electron chi connectivity index (χ2n) is 11.9. The van der Waals surface area contributed by atoms with E-state index in [1.807, 2.05) is 24.3 Å². The minimum absolute atomic E-state index is 0.0875. The highest BCUT2D eigenvalue weighted by molar-refractivity contribution is 6.29. The molecule has 12 heteroatoms. The van der Waals surface area contributed by atoms with Crippen LogP contribution in [0.25, 0.3) is 32.3 Å². The van der Waals surface area contributed by atoms with Gasteiger partial charge in [0.05, 0.1) is 21.2 Å². The lowest BCUT2D eigenvalue weighted by molar-refractivity contribution is -0.385. The highest BCUT2D eigenvalue weighted by Gasteiger charge is 2.21. The summed E-state index contributed by atoms with van der Waals surface area (Å²) >= 11 is 0. The lowest BCUT2D eigenvalue weighted by Crippen LogP contribution is -2.21. The van der Waals surface area contributed by atoms with E-state index in [-0.39, 0.29) is 16.8 Å². The van der Waals surface area contributed by atoms with E-state index in [4.69, 9.17) is 0 Å². The van der Waals surface area contributed by atoms with E-state index in [0.29, 0.717) is 22.7 Å². The molecule has 6 rings (SSSR count). The summed E-state index contributed by atoms with van der Waals surface area (Å²) in [5.41, 5.74) is 2.44. The normalized spacial score (nSPS) is 11.5. The number of nitrogens with zero attached hydrogens (tertiary/aromatic N) is 2. The maximum atomic E-state index is 13.2. The Balaban J connectivity index is 1.41. The van der Waals surface area contributed by atoms with Gasteiger partial charge in [-0.1, -0.05) is 57.2 Å². The number of carbonyl (C=O) groups excluding carboxylic acids is 2. The number of anilines is 4. The number of nitro groups is 2. The Bertz CT molecular complexity index is 2030. The van der Waals surface area contributed by atoms with Crippen LogP contribution in [-0.2, 0) is 5.41 Å². The summed E-state index contributed by atoms with van der Waals surface area (Å²) in [5.74, 6) is 0. The molecule has 6 aromatic rings. The number of nitrogens with one attached hydrogen (secondary N) is 4. The predicted molar refractivity (Wildman–Crippen MR) is 180 cm³/mol. The minimum Gasteiger partial charge on any atom is -0.308 e. The Morgan fingerprint density at radius 2 is 0.978 bits per heavy atom. The molecule has 230 valence electrons. The van der Waals surface area contributed by atoms with Gasteiger partial charge in [0.25, 0.3) is 11.4 Å². The van der Waals surface area contributed by atoms with Crippen molar-refractivity contribution in [3.05, 3.63) is 117 Å². The Morgan fingerprint density at radius 1 is 0.565 bits per heavy atom. The molecule has 0 saturated carbocycles. The molecule has 12 nitrogen and oxygen atoms in total. The van der Waals surface area contributed by atoms with Crippen molar-refractivity contribution < 1.29 is 19.4 Å². The van der Waals surface area contributed by atoms with Crippen molar-refractivity contribution in [1.29, 1.82) is 0 Å². The fourth-order valence-electron chi connectivity index (χ4n) is 5.46. The van der Waals surface area contributed by atoms with Gasteiger partial charge >= 0.3 is 12.1 Å². The summed E-state index contributed by atoms with van der Waals surface area (Å²) < 4.78 is 0. The number of nitro benzene ring substituents is 2. The number of benzene rings is 6. The predicted octanol–water partition coefficient (Wildman–Crippen LogP) is 8.99. The molecule has 0 bridgehead atoms. The van der Waals surface area contributed by atoms with E-state index < -0.39 is 21.9 Å². The van der Waals surface area contributed by atoms with E-state index in [1.54, 1.807) is 6.07 Å². The van der Waals surface area contributed by atoms with Crippen LogP contribution in [0.3, 0.4) is 0 Å². The third kappa shape index (κ3) is 5.78. The molecule has 0 atom stereocenters. The Hall–Kier alpha value is -6.30. The zero-order valence-electron chi connectivity index (χ0n) is 25.0. The number of amides is 4. The molecule has 0 fully saturated rings. The summed E-state index contributed by atoms with van der Waals surface area (Å²) in [6, 6.07) is 23.6. The smallest absolute Gasteiger partial charge is 0.308 e. The zero-order chi connectivity index (χ0) is 32.7. The topological polar surface area (TPSA) is 169 Å². The molecule has 0 unspecified atom stereocenters. The first-order valence-electron chi connectivity index (χ1n) is 14.3. The van der Waals surface area contributed by atoms with Gasteiger partial charge in [-0.2, -0.15) is 0 Å². The maximum absolute atomic E-state index is 13.2. The quantitative estimate of drug-likeness (QED) is 0.0827. The van der Waals surface area contributed by atoms with E-state index >= 15 is 0 Å².